The SMILES string of the molecule is CC1CCC(N)C(C(=O)N(C)CC2(N(C)C)CCC2)C1. The van der Waals surface area contributed by atoms with Gasteiger partial charge in [-0.25, -0.2) is 0 Å². The maximum atomic E-state index is 12.7. The Labute approximate surface area is 123 Å². The highest BCUT2D eigenvalue weighted by molar-refractivity contribution is 5.79. The van der Waals surface area contributed by atoms with Crippen molar-refractivity contribution in [2.24, 2.45) is 17.6 Å². The van der Waals surface area contributed by atoms with Gasteiger partial charge in [-0.1, -0.05) is 6.92 Å². The van der Waals surface area contributed by atoms with Crippen LogP contribution >= 0.6 is 0 Å². The van der Waals surface area contributed by atoms with Gasteiger partial charge >= 0.3 is 0 Å². The van der Waals surface area contributed by atoms with E-state index in [2.05, 4.69) is 25.9 Å². The summed E-state index contributed by atoms with van der Waals surface area (Å²) in [6.45, 7) is 3.08. The number of hydrogen-bond acceptors (Lipinski definition) is 3. The molecule has 0 radical (unpaired) electrons. The van der Waals surface area contributed by atoms with Gasteiger partial charge in [0.1, 0.15) is 0 Å². The van der Waals surface area contributed by atoms with E-state index in [9.17, 15) is 4.79 Å². The largest absolute Gasteiger partial charge is 0.344 e. The third-order valence-corrected chi connectivity index (χ3v) is 5.62. The highest BCUT2D eigenvalue weighted by atomic mass is 16.2. The predicted molar refractivity (Wildman–Crippen MR) is 82.4 cm³/mol. The van der Waals surface area contributed by atoms with Crippen molar-refractivity contribution >= 4 is 5.91 Å². The predicted octanol–water partition coefficient (Wildman–Crippen LogP) is 1.69. The van der Waals surface area contributed by atoms with E-state index < -0.39 is 0 Å². The fourth-order valence-corrected chi connectivity index (χ4v) is 3.82. The van der Waals surface area contributed by atoms with Crippen LogP contribution in [0.25, 0.3) is 0 Å². The molecule has 3 unspecified atom stereocenters. The van der Waals surface area contributed by atoms with Crippen LogP contribution in [0.15, 0.2) is 0 Å². The minimum Gasteiger partial charge on any atom is -0.344 e. The van der Waals surface area contributed by atoms with Crippen LogP contribution in [0.1, 0.15) is 45.4 Å². The van der Waals surface area contributed by atoms with Crippen LogP contribution in [0.5, 0.6) is 0 Å². The third-order valence-electron chi connectivity index (χ3n) is 5.62. The summed E-state index contributed by atoms with van der Waals surface area (Å²) in [5.41, 5.74) is 6.40. The Balaban J connectivity index is 1.97. The van der Waals surface area contributed by atoms with E-state index in [0.717, 1.165) is 25.8 Å². The maximum Gasteiger partial charge on any atom is 0.227 e. The quantitative estimate of drug-likeness (QED) is 0.853. The third kappa shape index (κ3) is 3.01. The minimum absolute atomic E-state index is 0.0306. The standard InChI is InChI=1S/C16H31N3O/c1-12-6-7-14(17)13(10-12)15(20)19(4)11-16(18(2)3)8-5-9-16/h12-14H,5-11,17H2,1-4H3. The molecule has 0 heterocycles. The molecule has 4 nitrogen and oxygen atoms in total. The molecule has 0 aromatic heterocycles. The lowest BCUT2D eigenvalue weighted by Crippen LogP contribution is -2.58. The lowest BCUT2D eigenvalue weighted by molar-refractivity contribution is -0.139. The molecular weight excluding hydrogens is 250 g/mol. The van der Waals surface area contributed by atoms with E-state index in [1.807, 2.05) is 11.9 Å². The summed E-state index contributed by atoms with van der Waals surface area (Å²) in [7, 11) is 6.22. The van der Waals surface area contributed by atoms with Crippen LogP contribution in [0, 0.1) is 11.8 Å². The van der Waals surface area contributed by atoms with Gasteiger partial charge in [-0.3, -0.25) is 4.79 Å². The molecule has 2 N–H and O–H groups in total. The van der Waals surface area contributed by atoms with Gasteiger partial charge in [-0.05, 0) is 58.5 Å². The Morgan fingerprint density at radius 1 is 1.25 bits per heavy atom. The van der Waals surface area contributed by atoms with Gasteiger partial charge in [0.25, 0.3) is 0 Å². The summed E-state index contributed by atoms with van der Waals surface area (Å²) >= 11 is 0. The zero-order valence-corrected chi connectivity index (χ0v) is 13.6. The number of nitrogens with two attached hydrogens (primary N) is 1. The molecule has 0 aromatic carbocycles. The highest BCUT2D eigenvalue weighted by Gasteiger charge is 2.42. The number of carbonyl (C=O) groups excluding carboxylic acids is 1. The number of rotatable bonds is 4. The molecule has 3 atom stereocenters. The molecule has 20 heavy (non-hydrogen) atoms. The first-order valence-electron chi connectivity index (χ1n) is 8.04. The fourth-order valence-electron chi connectivity index (χ4n) is 3.82. The second-order valence-electron chi connectivity index (χ2n) is 7.36. The zero-order chi connectivity index (χ0) is 14.9. The molecular formula is C16H31N3O. The van der Waals surface area contributed by atoms with E-state index in [1.165, 1.54) is 19.3 Å². The van der Waals surface area contributed by atoms with Gasteiger partial charge in [0.2, 0.25) is 5.91 Å². The second-order valence-corrected chi connectivity index (χ2v) is 7.36. The Bertz CT molecular complexity index is 352. The lowest BCUT2D eigenvalue weighted by atomic mass is 9.74. The Hall–Kier alpha value is -0.610. The van der Waals surface area contributed by atoms with Crippen LogP contribution < -0.4 is 5.73 Å². The molecule has 2 aliphatic carbocycles. The van der Waals surface area contributed by atoms with Crippen LogP contribution in [-0.4, -0.2) is 55.0 Å². The van der Waals surface area contributed by atoms with Crippen molar-refractivity contribution in [2.75, 3.05) is 27.7 Å². The van der Waals surface area contributed by atoms with Gasteiger partial charge in [0.15, 0.2) is 0 Å². The first-order chi connectivity index (χ1) is 9.35. The van der Waals surface area contributed by atoms with E-state index in [1.54, 1.807) is 0 Å². The molecule has 116 valence electrons. The molecule has 2 rings (SSSR count). The monoisotopic (exact) mass is 281 g/mol. The summed E-state index contributed by atoms with van der Waals surface area (Å²) in [5, 5.41) is 0. The van der Waals surface area contributed by atoms with Crippen molar-refractivity contribution in [1.82, 2.24) is 9.80 Å². The molecule has 2 aliphatic rings. The first kappa shape index (κ1) is 15.8. The summed E-state index contributed by atoms with van der Waals surface area (Å²) in [5.74, 6) is 0.920. The van der Waals surface area contributed by atoms with Crippen molar-refractivity contribution < 1.29 is 4.79 Å². The van der Waals surface area contributed by atoms with E-state index in [0.29, 0.717) is 5.92 Å². The van der Waals surface area contributed by atoms with Crippen LogP contribution in [-0.2, 0) is 4.79 Å². The van der Waals surface area contributed by atoms with Gasteiger partial charge < -0.3 is 15.5 Å². The Morgan fingerprint density at radius 3 is 2.40 bits per heavy atom. The number of hydrogen-bond donors (Lipinski definition) is 1. The molecule has 2 fully saturated rings. The van der Waals surface area contributed by atoms with Crippen LogP contribution in [0.3, 0.4) is 0 Å². The number of carbonyl (C=O) groups is 1. The van der Waals surface area contributed by atoms with E-state index >= 15 is 0 Å². The normalized spacial score (nSPS) is 32.8. The lowest BCUT2D eigenvalue weighted by Gasteiger charge is -2.49. The maximum absolute atomic E-state index is 12.7. The smallest absolute Gasteiger partial charge is 0.227 e. The fraction of sp³-hybridized carbons (Fsp3) is 0.938. The first-order valence-corrected chi connectivity index (χ1v) is 8.04. The van der Waals surface area contributed by atoms with Gasteiger partial charge in [0, 0.05) is 25.2 Å². The molecule has 4 heteroatoms. The minimum atomic E-state index is 0.0306. The average Bonchev–Trinajstić information content (AvgIpc) is 2.35. The molecule has 2 saturated carbocycles. The van der Waals surface area contributed by atoms with E-state index in [-0.39, 0.29) is 23.4 Å². The summed E-state index contributed by atoms with van der Waals surface area (Å²) < 4.78 is 0. The number of likely N-dealkylation sites (N-methyl/N-ethyl adjacent to an activating group) is 2. The van der Waals surface area contributed by atoms with Gasteiger partial charge in [-0.2, -0.15) is 0 Å². The molecule has 1 amide bonds. The molecule has 0 aliphatic heterocycles. The average molecular weight is 281 g/mol. The van der Waals surface area contributed by atoms with Gasteiger partial charge in [-0.15, -0.1) is 0 Å². The van der Waals surface area contributed by atoms with Crippen molar-refractivity contribution in [3.05, 3.63) is 0 Å². The molecule has 0 bridgehead atoms. The van der Waals surface area contributed by atoms with Crippen molar-refractivity contribution in [3.8, 4) is 0 Å². The van der Waals surface area contributed by atoms with E-state index in [4.69, 9.17) is 5.73 Å². The molecule has 0 saturated heterocycles. The molecule has 0 aromatic rings. The Morgan fingerprint density at radius 2 is 1.90 bits per heavy atom. The topological polar surface area (TPSA) is 49.6 Å². The zero-order valence-electron chi connectivity index (χ0n) is 13.6. The molecule has 0 spiro atoms. The second kappa shape index (κ2) is 6.02. The summed E-state index contributed by atoms with van der Waals surface area (Å²) in [4.78, 5) is 17.0. The summed E-state index contributed by atoms with van der Waals surface area (Å²) in [6, 6.07) is 0.0536. The van der Waals surface area contributed by atoms with Crippen LogP contribution in [0.2, 0.25) is 0 Å². The van der Waals surface area contributed by atoms with Gasteiger partial charge in [0.05, 0.1) is 5.92 Å². The van der Waals surface area contributed by atoms with Crippen molar-refractivity contribution in [1.29, 1.82) is 0 Å². The number of nitrogens with zero attached hydrogens (tertiary/aromatic N) is 2. The highest BCUT2D eigenvalue weighted by Crippen LogP contribution is 2.37. The Kier molecular flexibility index (Phi) is 4.75. The number of amides is 1. The van der Waals surface area contributed by atoms with Crippen LogP contribution in [0.4, 0.5) is 0 Å². The summed E-state index contributed by atoms with van der Waals surface area (Å²) in [6.07, 6.45) is 6.79. The van der Waals surface area contributed by atoms with Crippen molar-refractivity contribution in [3.63, 3.8) is 0 Å². The van der Waals surface area contributed by atoms with Crippen molar-refractivity contribution in [2.45, 2.75) is 57.0 Å².